The van der Waals surface area contributed by atoms with E-state index in [-0.39, 0.29) is 22.0 Å². The summed E-state index contributed by atoms with van der Waals surface area (Å²) in [7, 11) is 0. The van der Waals surface area contributed by atoms with Crippen molar-refractivity contribution < 1.29 is 28.7 Å². The molecule has 0 aliphatic carbocycles. The average molecular weight is 1220 g/mol. The lowest BCUT2D eigenvalue weighted by atomic mass is 10.2. The fourth-order valence-electron chi connectivity index (χ4n) is 7.55. The lowest BCUT2D eigenvalue weighted by Gasteiger charge is -2.23. The van der Waals surface area contributed by atoms with Gasteiger partial charge in [-0.05, 0) is 159 Å². The van der Waals surface area contributed by atoms with Gasteiger partial charge in [-0.3, -0.25) is 30.3 Å². The van der Waals surface area contributed by atoms with E-state index in [1.165, 1.54) is 39.1 Å². The topological polar surface area (TPSA) is 171 Å². The monoisotopic (exact) mass is 1220 g/mol. The standard InChI is InChI=1S/C14H12N2O2S.C9H9NS.C9H9N.C8H7NO.C8H7NS.2C6H4FNO2.3C2H6/c17-16(18)12-4-6-13(7-5-12)19-14-8-3-11-2-1-9-15(11)10-14;1-11-9-5-4-8-3-2-6-10(8)7-9;1-8-4-5-9-3-2-6-10(9)7-8;2*10-8-4-3-7-2-1-5-9(7)6-8;2*7-5-1-3-6(4-2-5)8(9)10;3*1-2/h1,3-11H,2H2;2-7H,1H3;2-7H,1H3;2*1-6,10H;2*1-4H;3*1-2H3. The highest BCUT2D eigenvalue weighted by Crippen LogP contribution is 2.33. The number of nitro benzene ring substituents is 3. The van der Waals surface area contributed by atoms with Crippen molar-refractivity contribution in [1.29, 1.82) is 0 Å². The van der Waals surface area contributed by atoms with E-state index in [1.54, 1.807) is 47.9 Å². The Bertz CT molecular complexity index is 3690. The number of hydrogen-bond donors (Lipinski definition) is 2. The van der Waals surface area contributed by atoms with Gasteiger partial charge in [-0.15, -0.1) is 24.4 Å². The molecule has 2 aliphatic heterocycles. The molecule has 3 aromatic carbocycles. The molecule has 0 amide bonds. The van der Waals surface area contributed by atoms with E-state index in [2.05, 4.69) is 150 Å². The Morgan fingerprint density at radius 1 is 0.523 bits per heavy atom. The average Bonchev–Trinajstić information content (AvgIpc) is 4.46. The van der Waals surface area contributed by atoms with Crippen LogP contribution in [0, 0.1) is 48.9 Å². The van der Waals surface area contributed by atoms with E-state index in [9.17, 15) is 39.1 Å². The number of aryl methyl sites for hydroxylation is 1. The molecule has 1 N–H and O–H groups in total. The zero-order valence-corrected chi connectivity index (χ0v) is 51.5. The quantitative estimate of drug-likeness (QED) is 0.0707. The first kappa shape index (κ1) is 69.1. The van der Waals surface area contributed by atoms with Gasteiger partial charge in [0.05, 0.1) is 27.0 Å². The number of thioether (sulfide) groups is 2. The van der Waals surface area contributed by atoms with Crippen LogP contribution in [0.5, 0.6) is 5.75 Å². The van der Waals surface area contributed by atoms with Crippen molar-refractivity contribution in [3.05, 3.63) is 303 Å². The van der Waals surface area contributed by atoms with E-state index < -0.39 is 21.5 Å². The molecule has 2 aliphatic rings. The van der Waals surface area contributed by atoms with Crippen LogP contribution >= 0.6 is 36.2 Å². The molecule has 1 atom stereocenters. The van der Waals surface area contributed by atoms with E-state index >= 15 is 0 Å². The molecule has 15 nitrogen and oxygen atoms in total. The van der Waals surface area contributed by atoms with Crippen molar-refractivity contribution >= 4 is 75.3 Å². The lowest BCUT2D eigenvalue weighted by molar-refractivity contribution is -0.385. The number of aromatic nitrogens is 4. The number of allylic oxidation sites excluding steroid dienone is 1. The number of pyridine rings is 4. The van der Waals surface area contributed by atoms with Gasteiger partial charge in [0.1, 0.15) is 17.4 Å². The number of nitro groups is 3. The molecule has 20 heteroatoms. The number of nitrogens with zero attached hydrogens (tertiary/aromatic N) is 8. The third kappa shape index (κ3) is 22.7. The van der Waals surface area contributed by atoms with Crippen molar-refractivity contribution in [2.75, 3.05) is 6.26 Å². The maximum Gasteiger partial charge on any atom is 0.269 e. The SMILES string of the molecule is CC.CC.CC.CSc1ccc2cccn2c1.Cc1ccc2cccn2c1.O=[N+]([O-])c1ccc(F)cc1.O=[N+]([O-])c1ccc(F)cc1.O=[N+]([O-])c1ccc(SC2=CN3C=CCC3C=C2)cc1.Oc1ccc2cccn2c1.Sc1ccc2cccn2c1. The summed E-state index contributed by atoms with van der Waals surface area (Å²) in [5.41, 5.74) is 6.04. The molecule has 0 fully saturated rings. The van der Waals surface area contributed by atoms with Gasteiger partial charge in [0.25, 0.3) is 17.1 Å². The summed E-state index contributed by atoms with van der Waals surface area (Å²) in [5, 5.41) is 39.6. The number of benzene rings is 3. The number of non-ortho nitro benzene ring substituents is 3. The van der Waals surface area contributed by atoms with Gasteiger partial charge >= 0.3 is 0 Å². The summed E-state index contributed by atoms with van der Waals surface area (Å²) in [5.74, 6) is -0.639. The van der Waals surface area contributed by atoms with Crippen molar-refractivity contribution in [2.45, 2.75) is 75.6 Å². The van der Waals surface area contributed by atoms with Crippen LogP contribution in [0.2, 0.25) is 0 Å². The summed E-state index contributed by atoms with van der Waals surface area (Å²) in [6, 6.07) is 48.2. The normalized spacial score (nSPS) is 11.9. The van der Waals surface area contributed by atoms with Gasteiger partial charge in [-0.25, -0.2) is 8.78 Å². The Balaban J connectivity index is 0.000000215. The van der Waals surface area contributed by atoms with Gasteiger partial charge in [0, 0.05) is 134 Å². The largest absolute Gasteiger partial charge is 0.506 e. The summed E-state index contributed by atoms with van der Waals surface area (Å²) >= 11 is 7.59. The van der Waals surface area contributed by atoms with Gasteiger partial charge < -0.3 is 27.6 Å². The Hall–Kier alpha value is -9.37. The number of fused-ring (bicyclic) bond motifs is 5. The number of thiol groups is 1. The van der Waals surface area contributed by atoms with Gasteiger partial charge in [-0.1, -0.05) is 71.5 Å². The van der Waals surface area contributed by atoms with Crippen LogP contribution in [0.15, 0.2) is 270 Å². The summed E-state index contributed by atoms with van der Waals surface area (Å²) in [6.07, 6.45) is 29.8. The zero-order chi connectivity index (χ0) is 63.0. The molecule has 13 rings (SSSR count). The highest BCUT2D eigenvalue weighted by Gasteiger charge is 2.18. The molecule has 0 saturated carbocycles. The summed E-state index contributed by atoms with van der Waals surface area (Å²) < 4.78 is 32.4. The maximum atomic E-state index is 12.1. The van der Waals surface area contributed by atoms with Gasteiger partial charge in [0.15, 0.2) is 0 Å². The number of rotatable bonds is 6. The molecule has 448 valence electrons. The van der Waals surface area contributed by atoms with Crippen molar-refractivity contribution in [2.24, 2.45) is 0 Å². The van der Waals surface area contributed by atoms with E-state index in [4.69, 9.17) is 5.11 Å². The minimum Gasteiger partial charge on any atom is -0.506 e. The second-order valence-corrected chi connectivity index (χ2v) is 19.8. The molecule has 11 aromatic rings. The fourth-order valence-corrected chi connectivity index (χ4v) is 9.04. The van der Waals surface area contributed by atoms with Crippen LogP contribution < -0.4 is 0 Å². The molecule has 0 spiro atoms. The second-order valence-electron chi connectivity index (χ2n) is 17.3. The minimum atomic E-state index is -0.570. The smallest absolute Gasteiger partial charge is 0.269 e. The van der Waals surface area contributed by atoms with Crippen LogP contribution in [0.1, 0.15) is 53.5 Å². The predicted molar refractivity (Wildman–Crippen MR) is 351 cm³/mol. The third-order valence-corrected chi connectivity index (χ3v) is 13.5. The Kier molecular flexibility index (Phi) is 29.8. The van der Waals surface area contributed by atoms with Crippen LogP contribution in [0.4, 0.5) is 25.8 Å². The Labute approximate surface area is 513 Å². The molecule has 10 heterocycles. The molecule has 86 heavy (non-hydrogen) atoms. The molecule has 1 unspecified atom stereocenters. The first-order valence-corrected chi connectivity index (χ1v) is 29.8. The van der Waals surface area contributed by atoms with Crippen LogP contribution in [0.25, 0.3) is 22.1 Å². The Morgan fingerprint density at radius 2 is 0.930 bits per heavy atom. The van der Waals surface area contributed by atoms with Crippen LogP contribution in [-0.2, 0) is 0 Å². The van der Waals surface area contributed by atoms with E-state index in [1.807, 2.05) is 105 Å². The number of hydrogen-bond acceptors (Lipinski definition) is 11. The second kappa shape index (κ2) is 37.0. The maximum absolute atomic E-state index is 12.1. The highest BCUT2D eigenvalue weighted by atomic mass is 32.2. The lowest BCUT2D eigenvalue weighted by Crippen LogP contribution is -2.21. The van der Waals surface area contributed by atoms with Gasteiger partial charge in [0.2, 0.25) is 0 Å². The first-order chi connectivity index (χ1) is 41.6. The fraction of sp³-hybridized carbons (Fsp3) is 0.152. The Morgan fingerprint density at radius 3 is 1.41 bits per heavy atom. The zero-order valence-electron chi connectivity index (χ0n) is 48.9. The molecule has 0 radical (unpaired) electrons. The van der Waals surface area contributed by atoms with E-state index in [0.717, 1.165) is 75.2 Å². The molecule has 8 aromatic heterocycles. The predicted octanol–water partition coefficient (Wildman–Crippen LogP) is 19.0. The number of aromatic hydroxyl groups is 1. The molecular formula is C66H70F2N8O7S3. The van der Waals surface area contributed by atoms with E-state index in [0.29, 0.717) is 11.8 Å². The number of halogens is 2. The summed E-state index contributed by atoms with van der Waals surface area (Å²) in [6.45, 7) is 14.1. The molecule has 0 bridgehead atoms. The van der Waals surface area contributed by atoms with Gasteiger partial charge in [-0.2, -0.15) is 0 Å². The van der Waals surface area contributed by atoms with Crippen molar-refractivity contribution in [3.8, 4) is 5.75 Å². The first-order valence-electron chi connectivity index (χ1n) is 27.3. The molecule has 0 saturated heterocycles. The minimum absolute atomic E-state index is 0.0959. The summed E-state index contributed by atoms with van der Waals surface area (Å²) in [4.78, 5) is 35.7. The third-order valence-electron chi connectivity index (χ3n) is 11.6. The highest BCUT2D eigenvalue weighted by molar-refractivity contribution is 8.03. The van der Waals surface area contributed by atoms with Crippen LogP contribution in [0.3, 0.4) is 0 Å². The van der Waals surface area contributed by atoms with Crippen LogP contribution in [-0.4, -0.2) is 54.7 Å². The van der Waals surface area contributed by atoms with Crippen molar-refractivity contribution in [1.82, 2.24) is 22.5 Å². The van der Waals surface area contributed by atoms with Crippen molar-refractivity contribution in [3.63, 3.8) is 0 Å². The molecular weight excluding hydrogens is 1150 g/mol.